The Balaban J connectivity index is 1.67. The first-order chi connectivity index (χ1) is 21.5. The molecular weight excluding hydrogens is 611 g/mol. The predicted molar refractivity (Wildman–Crippen MR) is 177 cm³/mol. The van der Waals surface area contributed by atoms with Gasteiger partial charge in [-0.3, -0.25) is 0 Å². The lowest BCUT2D eigenvalue weighted by Crippen LogP contribution is -2.39. The number of aromatic nitrogens is 2. The Morgan fingerprint density at radius 3 is 1.86 bits per heavy atom. The molecule has 44 heavy (non-hydrogen) atoms. The van der Waals surface area contributed by atoms with E-state index in [9.17, 15) is 9.65 Å². The number of nitrogens with one attached hydrogen (secondary N) is 1. The molecule has 0 saturated heterocycles. The quantitative estimate of drug-likeness (QED) is 0.160. The van der Waals surface area contributed by atoms with E-state index in [-0.39, 0.29) is 5.82 Å². The number of rotatable bonds is 9. The van der Waals surface area contributed by atoms with Gasteiger partial charge in [-0.2, -0.15) is 5.26 Å². The zero-order chi connectivity index (χ0) is 30.5. The van der Waals surface area contributed by atoms with E-state index in [1.807, 2.05) is 55.6 Å². The number of nitriles is 1. The topological polar surface area (TPSA) is 53.6 Å². The fourth-order valence-corrected chi connectivity index (χ4v) is 6.33. The molecule has 1 aromatic heterocycles. The van der Waals surface area contributed by atoms with Crippen LogP contribution in [0.2, 0.25) is 0 Å². The average molecular weight is 642 g/mol. The van der Waals surface area contributed by atoms with E-state index in [0.29, 0.717) is 22.2 Å². The first-order valence-corrected chi connectivity index (χ1v) is 15.3. The Bertz CT molecular complexity index is 1800. The second-order valence-corrected chi connectivity index (χ2v) is 11.4. The normalized spacial score (nSPS) is 12.0. The van der Waals surface area contributed by atoms with Crippen molar-refractivity contribution >= 4 is 21.6 Å². The molecule has 0 radical (unpaired) electrons. The van der Waals surface area contributed by atoms with Crippen molar-refractivity contribution < 1.29 is 4.39 Å². The summed E-state index contributed by atoms with van der Waals surface area (Å²) in [6, 6.07) is 45.6. The first kappa shape index (κ1) is 29.1. The minimum absolute atomic E-state index is 0.231. The van der Waals surface area contributed by atoms with Crippen LogP contribution in [0.3, 0.4) is 0 Å². The van der Waals surface area contributed by atoms with Crippen LogP contribution >= 0.6 is 15.9 Å². The van der Waals surface area contributed by atoms with Gasteiger partial charge in [0, 0.05) is 11.9 Å². The molecule has 0 bridgehead atoms. The van der Waals surface area contributed by atoms with Crippen molar-refractivity contribution in [2.75, 3.05) is 5.32 Å². The van der Waals surface area contributed by atoms with Gasteiger partial charge in [-0.25, -0.2) is 9.37 Å². The minimum Gasteiger partial charge on any atom is -0.372 e. The number of imidazole rings is 1. The number of hydrogen-bond acceptors (Lipinski definition) is 3. The molecule has 0 aliphatic rings. The summed E-state index contributed by atoms with van der Waals surface area (Å²) in [5.74, 6) is 0.497. The summed E-state index contributed by atoms with van der Waals surface area (Å²) in [5, 5.41) is 13.1. The zero-order valence-corrected chi connectivity index (χ0v) is 25.7. The molecule has 1 atom stereocenters. The van der Waals surface area contributed by atoms with Gasteiger partial charge >= 0.3 is 0 Å². The lowest BCUT2D eigenvalue weighted by atomic mass is 9.76. The molecule has 1 N–H and O–H groups in total. The summed E-state index contributed by atoms with van der Waals surface area (Å²) >= 11 is 3.72. The number of halogens is 2. The Kier molecular flexibility index (Phi) is 8.40. The highest BCUT2D eigenvalue weighted by Gasteiger charge is 2.41. The smallest absolute Gasteiger partial charge is 0.138 e. The van der Waals surface area contributed by atoms with Crippen LogP contribution in [-0.4, -0.2) is 9.55 Å². The standard InChI is InChI=1S/C38H30BrFN4/c1-2-28-24-29(20-23-34(28)40)36(42-33-21-18-27(25-41)19-22-33)37-43-35(39)26-44(37)38(30-12-6-3-7-13-30,31-14-8-4-9-15-31)32-16-10-5-11-17-32/h3-24,26,36,42H,2H2,1H3. The van der Waals surface area contributed by atoms with E-state index in [0.717, 1.165) is 33.8 Å². The molecule has 0 saturated carbocycles. The van der Waals surface area contributed by atoms with Crippen molar-refractivity contribution in [1.29, 1.82) is 5.26 Å². The summed E-state index contributed by atoms with van der Waals surface area (Å²) in [4.78, 5) is 5.11. The highest BCUT2D eigenvalue weighted by molar-refractivity contribution is 9.10. The molecule has 6 aromatic rings. The zero-order valence-electron chi connectivity index (χ0n) is 24.2. The molecule has 0 spiro atoms. The van der Waals surface area contributed by atoms with Gasteiger partial charge in [-0.15, -0.1) is 0 Å². The van der Waals surface area contributed by atoms with E-state index < -0.39 is 11.6 Å². The van der Waals surface area contributed by atoms with Crippen LogP contribution in [0.25, 0.3) is 0 Å². The second-order valence-electron chi connectivity index (χ2n) is 10.6. The summed E-state index contributed by atoms with van der Waals surface area (Å²) in [7, 11) is 0. The van der Waals surface area contributed by atoms with Crippen LogP contribution in [0.4, 0.5) is 10.1 Å². The number of benzene rings is 5. The molecule has 0 aliphatic heterocycles. The van der Waals surface area contributed by atoms with Crippen LogP contribution in [-0.2, 0) is 12.0 Å². The molecule has 4 nitrogen and oxygen atoms in total. The highest BCUT2D eigenvalue weighted by atomic mass is 79.9. The predicted octanol–water partition coefficient (Wildman–Crippen LogP) is 9.26. The largest absolute Gasteiger partial charge is 0.372 e. The molecular formula is C38H30BrFN4. The van der Waals surface area contributed by atoms with Crippen molar-refractivity contribution in [1.82, 2.24) is 9.55 Å². The van der Waals surface area contributed by atoms with E-state index in [2.05, 4.69) is 105 Å². The number of anilines is 1. The van der Waals surface area contributed by atoms with E-state index >= 15 is 0 Å². The monoisotopic (exact) mass is 640 g/mol. The number of nitrogens with zero attached hydrogens (tertiary/aromatic N) is 3. The van der Waals surface area contributed by atoms with Gasteiger partial charge in [-0.1, -0.05) is 110 Å². The summed E-state index contributed by atoms with van der Waals surface area (Å²) < 4.78 is 17.7. The molecule has 0 fully saturated rings. The molecule has 0 aliphatic carbocycles. The Labute approximate surface area is 265 Å². The molecule has 5 aromatic carbocycles. The van der Waals surface area contributed by atoms with Crippen molar-refractivity contribution in [3.05, 3.63) is 189 Å². The van der Waals surface area contributed by atoms with Gasteiger partial charge in [-0.05, 0) is 80.5 Å². The van der Waals surface area contributed by atoms with Crippen molar-refractivity contribution in [2.45, 2.75) is 24.9 Å². The van der Waals surface area contributed by atoms with Crippen LogP contribution in [0.5, 0.6) is 0 Å². The van der Waals surface area contributed by atoms with Crippen LogP contribution in [0, 0.1) is 17.1 Å². The third-order valence-corrected chi connectivity index (χ3v) is 8.39. The minimum atomic E-state index is -0.809. The highest BCUT2D eigenvalue weighted by Crippen LogP contribution is 2.44. The van der Waals surface area contributed by atoms with Gasteiger partial charge in [0.2, 0.25) is 0 Å². The van der Waals surface area contributed by atoms with E-state index in [4.69, 9.17) is 4.98 Å². The molecule has 6 rings (SSSR count). The number of hydrogen-bond donors (Lipinski definition) is 1. The van der Waals surface area contributed by atoms with Gasteiger partial charge in [0.1, 0.15) is 27.8 Å². The Morgan fingerprint density at radius 2 is 1.36 bits per heavy atom. The van der Waals surface area contributed by atoms with Crippen molar-refractivity contribution in [3.63, 3.8) is 0 Å². The summed E-state index contributed by atoms with van der Waals surface area (Å²) in [5.41, 5.74) is 5.27. The number of aryl methyl sites for hydroxylation is 1. The summed E-state index contributed by atoms with van der Waals surface area (Å²) in [6.45, 7) is 1.95. The summed E-state index contributed by atoms with van der Waals surface area (Å²) in [6.07, 6.45) is 2.59. The molecule has 6 heteroatoms. The maximum Gasteiger partial charge on any atom is 0.138 e. The maximum atomic E-state index is 14.8. The van der Waals surface area contributed by atoms with Crippen LogP contribution < -0.4 is 5.32 Å². The van der Waals surface area contributed by atoms with Crippen molar-refractivity contribution in [2.24, 2.45) is 0 Å². The van der Waals surface area contributed by atoms with E-state index in [1.165, 1.54) is 6.07 Å². The molecule has 1 heterocycles. The Morgan fingerprint density at radius 1 is 0.818 bits per heavy atom. The third-order valence-electron chi connectivity index (χ3n) is 8.01. The first-order valence-electron chi connectivity index (χ1n) is 14.5. The van der Waals surface area contributed by atoms with E-state index in [1.54, 1.807) is 12.1 Å². The molecule has 1 unspecified atom stereocenters. The third kappa shape index (κ3) is 5.43. The fraction of sp³-hybridized carbons (Fsp3) is 0.105. The lowest BCUT2D eigenvalue weighted by molar-refractivity contribution is 0.486. The van der Waals surface area contributed by atoms with Crippen LogP contribution in [0.15, 0.2) is 144 Å². The Hall–Kier alpha value is -4.99. The van der Waals surface area contributed by atoms with Gasteiger partial charge in [0.05, 0.1) is 11.6 Å². The van der Waals surface area contributed by atoms with Gasteiger partial charge < -0.3 is 9.88 Å². The fourth-order valence-electron chi connectivity index (χ4n) is 5.94. The lowest BCUT2D eigenvalue weighted by Gasteiger charge is -2.39. The average Bonchev–Trinajstić information content (AvgIpc) is 3.47. The second kappa shape index (κ2) is 12.7. The van der Waals surface area contributed by atoms with Gasteiger partial charge in [0.15, 0.2) is 0 Å². The SMILES string of the molecule is CCc1cc(C(Nc2ccc(C#N)cc2)c2nc(Br)cn2C(c2ccccc2)(c2ccccc2)c2ccccc2)ccc1F. The van der Waals surface area contributed by atoms with Crippen molar-refractivity contribution in [3.8, 4) is 6.07 Å². The maximum absolute atomic E-state index is 14.8. The van der Waals surface area contributed by atoms with Gasteiger partial charge in [0.25, 0.3) is 0 Å². The van der Waals surface area contributed by atoms with Crippen LogP contribution in [0.1, 0.15) is 52.2 Å². The molecule has 216 valence electrons. The molecule has 0 amide bonds.